The van der Waals surface area contributed by atoms with Crippen LogP contribution in [0.15, 0.2) is 91.5 Å². The van der Waals surface area contributed by atoms with E-state index < -0.39 is 0 Å². The largest absolute Gasteiger partial charge is 0.378 e. The highest BCUT2D eigenvalue weighted by Crippen LogP contribution is 2.33. The first-order valence-corrected chi connectivity index (χ1v) is 11.7. The van der Waals surface area contributed by atoms with Crippen molar-refractivity contribution in [3.05, 3.63) is 120 Å². The van der Waals surface area contributed by atoms with Gasteiger partial charge in [-0.25, -0.2) is 4.39 Å². The Morgan fingerprint density at radius 2 is 1.57 bits per heavy atom. The standard InChI is InChI=1S/C29H26FN3O2/c30-26-10-9-23(17-27(24-3-1-11-31-19-24)25-4-2-12-32-20-25)28(18-26)21-5-7-22(8-6-21)29(34)33-13-15-35-16-14-33/h1-12,18-20,27H,13-17H2. The second-order valence-electron chi connectivity index (χ2n) is 8.61. The molecule has 0 unspecified atom stereocenters. The highest BCUT2D eigenvalue weighted by atomic mass is 19.1. The third-order valence-corrected chi connectivity index (χ3v) is 6.41. The van der Waals surface area contributed by atoms with Gasteiger partial charge in [-0.05, 0) is 70.6 Å². The van der Waals surface area contributed by atoms with Crippen molar-refractivity contribution in [2.45, 2.75) is 12.3 Å². The summed E-state index contributed by atoms with van der Waals surface area (Å²) in [6.07, 6.45) is 7.90. The number of ether oxygens (including phenoxy) is 1. The molecule has 0 bridgehead atoms. The van der Waals surface area contributed by atoms with Crippen LogP contribution in [0.1, 0.15) is 33.0 Å². The summed E-state index contributed by atoms with van der Waals surface area (Å²) in [6.45, 7) is 2.31. The Balaban J connectivity index is 1.46. The minimum absolute atomic E-state index is 0.00691. The van der Waals surface area contributed by atoms with E-state index >= 15 is 0 Å². The molecule has 1 saturated heterocycles. The highest BCUT2D eigenvalue weighted by molar-refractivity contribution is 5.94. The summed E-state index contributed by atoms with van der Waals surface area (Å²) in [5, 5.41) is 0. The van der Waals surface area contributed by atoms with Crippen LogP contribution in [0.3, 0.4) is 0 Å². The van der Waals surface area contributed by atoms with Crippen LogP contribution in [0.25, 0.3) is 11.1 Å². The molecule has 0 radical (unpaired) electrons. The number of nitrogens with zero attached hydrogens (tertiary/aromatic N) is 3. The lowest BCUT2D eigenvalue weighted by molar-refractivity contribution is 0.0303. The Hall–Kier alpha value is -3.90. The maximum atomic E-state index is 14.4. The second-order valence-corrected chi connectivity index (χ2v) is 8.61. The molecule has 0 saturated carbocycles. The quantitative estimate of drug-likeness (QED) is 0.395. The van der Waals surface area contributed by atoms with Crippen LogP contribution in [-0.2, 0) is 11.2 Å². The van der Waals surface area contributed by atoms with Crippen LogP contribution in [0.4, 0.5) is 4.39 Å². The number of benzene rings is 2. The summed E-state index contributed by atoms with van der Waals surface area (Å²) in [6, 6.07) is 20.3. The number of rotatable bonds is 6. The lowest BCUT2D eigenvalue weighted by atomic mass is 9.85. The van der Waals surface area contributed by atoms with Crippen molar-refractivity contribution in [2.24, 2.45) is 0 Å². The van der Waals surface area contributed by atoms with E-state index in [0.29, 0.717) is 38.3 Å². The number of morpholine rings is 1. The van der Waals surface area contributed by atoms with Crippen molar-refractivity contribution in [1.29, 1.82) is 0 Å². The first-order chi connectivity index (χ1) is 17.2. The number of amides is 1. The molecule has 6 heteroatoms. The fraction of sp³-hybridized carbons (Fsp3) is 0.207. The Labute approximate surface area is 204 Å². The third kappa shape index (κ3) is 5.28. The Kier molecular flexibility index (Phi) is 6.91. The van der Waals surface area contributed by atoms with E-state index in [2.05, 4.69) is 22.1 Å². The van der Waals surface area contributed by atoms with Crippen LogP contribution < -0.4 is 0 Å². The summed E-state index contributed by atoms with van der Waals surface area (Å²) in [7, 11) is 0. The van der Waals surface area contributed by atoms with E-state index in [-0.39, 0.29) is 17.6 Å². The molecule has 2 aromatic carbocycles. The predicted octanol–water partition coefficient (Wildman–Crippen LogP) is 5.13. The molecule has 4 aromatic rings. The summed E-state index contributed by atoms with van der Waals surface area (Å²) in [5.74, 6) is -0.284. The van der Waals surface area contributed by atoms with Gasteiger partial charge in [0.15, 0.2) is 0 Å². The summed E-state index contributed by atoms with van der Waals surface area (Å²) >= 11 is 0. The van der Waals surface area contributed by atoms with Gasteiger partial charge < -0.3 is 9.64 Å². The Bertz CT molecular complexity index is 1240. The molecule has 0 aliphatic carbocycles. The van der Waals surface area contributed by atoms with Crippen LogP contribution in [0.2, 0.25) is 0 Å². The van der Waals surface area contributed by atoms with Crippen molar-refractivity contribution >= 4 is 5.91 Å². The van der Waals surface area contributed by atoms with Gasteiger partial charge in [-0.15, -0.1) is 0 Å². The number of carbonyl (C=O) groups is 1. The van der Waals surface area contributed by atoms with Crippen molar-refractivity contribution in [2.75, 3.05) is 26.3 Å². The number of aromatic nitrogens is 2. The number of carbonyl (C=O) groups excluding carboxylic acids is 1. The first-order valence-electron chi connectivity index (χ1n) is 11.7. The smallest absolute Gasteiger partial charge is 0.254 e. The average molecular weight is 468 g/mol. The van der Waals surface area contributed by atoms with E-state index in [1.165, 1.54) is 6.07 Å². The van der Waals surface area contributed by atoms with Gasteiger partial charge >= 0.3 is 0 Å². The number of hydrogen-bond acceptors (Lipinski definition) is 4. The molecule has 5 rings (SSSR count). The molecule has 1 amide bonds. The van der Waals surface area contributed by atoms with Crippen molar-refractivity contribution in [1.82, 2.24) is 14.9 Å². The molecule has 176 valence electrons. The van der Waals surface area contributed by atoms with E-state index in [1.54, 1.807) is 23.4 Å². The highest BCUT2D eigenvalue weighted by Gasteiger charge is 2.20. The predicted molar refractivity (Wildman–Crippen MR) is 133 cm³/mol. The lowest BCUT2D eigenvalue weighted by Crippen LogP contribution is -2.40. The molecule has 3 heterocycles. The normalized spacial score (nSPS) is 13.7. The average Bonchev–Trinajstić information content (AvgIpc) is 2.93. The van der Waals surface area contributed by atoms with E-state index in [0.717, 1.165) is 27.8 Å². The minimum atomic E-state index is -0.295. The monoisotopic (exact) mass is 467 g/mol. The second kappa shape index (κ2) is 10.6. The number of pyridine rings is 2. The van der Waals surface area contributed by atoms with Crippen LogP contribution >= 0.6 is 0 Å². The van der Waals surface area contributed by atoms with E-state index in [9.17, 15) is 9.18 Å². The SMILES string of the molecule is O=C(c1ccc(-c2cc(F)ccc2CC(c2cccnc2)c2cccnc2)cc1)N1CCOCC1. The maximum absolute atomic E-state index is 14.4. The van der Waals surface area contributed by atoms with Crippen LogP contribution in [0.5, 0.6) is 0 Å². The molecule has 5 nitrogen and oxygen atoms in total. The molecule has 35 heavy (non-hydrogen) atoms. The molecular weight excluding hydrogens is 441 g/mol. The van der Waals surface area contributed by atoms with Gasteiger partial charge in [0.25, 0.3) is 5.91 Å². The topological polar surface area (TPSA) is 55.3 Å². The third-order valence-electron chi connectivity index (χ3n) is 6.41. The van der Waals surface area contributed by atoms with Crippen LogP contribution in [-0.4, -0.2) is 47.1 Å². The zero-order valence-corrected chi connectivity index (χ0v) is 19.3. The minimum Gasteiger partial charge on any atom is -0.378 e. The van der Waals surface area contributed by atoms with Crippen molar-refractivity contribution in [3.63, 3.8) is 0 Å². The van der Waals surface area contributed by atoms with Gasteiger partial charge in [-0.1, -0.05) is 30.3 Å². The number of hydrogen-bond donors (Lipinski definition) is 0. The lowest BCUT2D eigenvalue weighted by Gasteiger charge is -2.27. The van der Waals surface area contributed by atoms with E-state index in [1.807, 2.05) is 54.9 Å². The molecule has 2 aromatic heterocycles. The molecule has 0 atom stereocenters. The fourth-order valence-corrected chi connectivity index (χ4v) is 4.55. The first kappa shape index (κ1) is 22.9. The zero-order chi connectivity index (χ0) is 24.0. The molecule has 1 aliphatic rings. The van der Waals surface area contributed by atoms with E-state index in [4.69, 9.17) is 4.74 Å². The molecule has 1 aliphatic heterocycles. The van der Waals surface area contributed by atoms with Gasteiger partial charge in [-0.2, -0.15) is 0 Å². The molecular formula is C29H26FN3O2. The van der Waals surface area contributed by atoms with Crippen molar-refractivity contribution in [3.8, 4) is 11.1 Å². The summed E-state index contributed by atoms with van der Waals surface area (Å²) in [5.41, 5.74) is 5.46. The Morgan fingerprint density at radius 3 is 2.17 bits per heavy atom. The maximum Gasteiger partial charge on any atom is 0.254 e. The number of halogens is 1. The fourth-order valence-electron chi connectivity index (χ4n) is 4.55. The summed E-state index contributed by atoms with van der Waals surface area (Å²) in [4.78, 5) is 23.2. The van der Waals surface area contributed by atoms with Gasteiger partial charge in [0, 0.05) is 49.4 Å². The van der Waals surface area contributed by atoms with Gasteiger partial charge in [0.1, 0.15) is 5.82 Å². The molecule has 0 spiro atoms. The summed E-state index contributed by atoms with van der Waals surface area (Å²) < 4.78 is 19.7. The van der Waals surface area contributed by atoms with Gasteiger partial charge in [0.2, 0.25) is 0 Å². The molecule has 1 fully saturated rings. The molecule has 0 N–H and O–H groups in total. The van der Waals surface area contributed by atoms with Crippen LogP contribution in [0, 0.1) is 5.82 Å². The Morgan fingerprint density at radius 1 is 0.914 bits per heavy atom. The zero-order valence-electron chi connectivity index (χ0n) is 19.3. The van der Waals surface area contributed by atoms with Gasteiger partial charge in [0.05, 0.1) is 13.2 Å². The van der Waals surface area contributed by atoms with Gasteiger partial charge in [-0.3, -0.25) is 14.8 Å². The van der Waals surface area contributed by atoms with Crippen molar-refractivity contribution < 1.29 is 13.9 Å².